The molecule has 14 heavy (non-hydrogen) atoms. The molecule has 0 aromatic carbocycles. The van der Waals surface area contributed by atoms with Gasteiger partial charge in [0.05, 0.1) is 0 Å². The highest BCUT2D eigenvalue weighted by Gasteiger charge is 1.83. The van der Waals surface area contributed by atoms with Crippen LogP contribution in [0, 0.1) is 0 Å². The maximum absolute atomic E-state index is 11.1. The van der Waals surface area contributed by atoms with Gasteiger partial charge in [-0.1, -0.05) is 24.3 Å². The lowest BCUT2D eigenvalue weighted by atomic mass is 10.3. The monoisotopic (exact) mass is 191 g/mol. The Bertz CT molecular complexity index is 270. The Morgan fingerprint density at radius 2 is 1.57 bits per heavy atom. The highest BCUT2D eigenvalue weighted by Crippen LogP contribution is 1.85. The predicted molar refractivity (Wildman–Crippen MR) is 60.9 cm³/mol. The molecule has 0 aliphatic heterocycles. The smallest absolute Gasteiger partial charge is 0.178 e. The summed E-state index contributed by atoms with van der Waals surface area (Å²) in [5.74, 6) is -0.00786. The first-order valence-corrected chi connectivity index (χ1v) is 4.51. The Labute approximate surface area is 85.9 Å². The third-order valence-corrected chi connectivity index (χ3v) is 1.32. The van der Waals surface area contributed by atoms with E-state index in [-0.39, 0.29) is 5.78 Å². The molecule has 0 rings (SSSR count). The lowest BCUT2D eigenvalue weighted by molar-refractivity contribution is -0.110. The fourth-order valence-electron chi connectivity index (χ4n) is 0.689. The first-order chi connectivity index (χ1) is 6.66. The standard InChI is InChI=1S/C12H17NO/c1-4-5-6-9-12(14)10-7-8-11-13(2)3/h4-11H,1-3H3/b5-4+,9-6+,10-7+,11-8+. The van der Waals surface area contributed by atoms with E-state index in [1.807, 2.05) is 50.3 Å². The van der Waals surface area contributed by atoms with Crippen LogP contribution in [0.2, 0.25) is 0 Å². The summed E-state index contributed by atoms with van der Waals surface area (Å²) >= 11 is 0. The van der Waals surface area contributed by atoms with Crippen LogP contribution in [0.15, 0.2) is 48.7 Å². The third kappa shape index (κ3) is 8.53. The van der Waals surface area contributed by atoms with Crippen molar-refractivity contribution in [1.29, 1.82) is 0 Å². The van der Waals surface area contributed by atoms with E-state index < -0.39 is 0 Å². The Balaban J connectivity index is 3.94. The summed E-state index contributed by atoms with van der Waals surface area (Å²) in [5.41, 5.74) is 0. The average Bonchev–Trinajstić information content (AvgIpc) is 2.13. The summed E-state index contributed by atoms with van der Waals surface area (Å²) in [4.78, 5) is 13.0. The van der Waals surface area contributed by atoms with Crippen molar-refractivity contribution in [2.45, 2.75) is 6.92 Å². The van der Waals surface area contributed by atoms with Crippen LogP contribution in [0.3, 0.4) is 0 Å². The molecular weight excluding hydrogens is 174 g/mol. The SMILES string of the molecule is C/C=C/C=C/C(=O)/C=C/C=C/N(C)C. The second kappa shape index (κ2) is 8.05. The molecule has 0 aromatic rings. The van der Waals surface area contributed by atoms with E-state index in [1.165, 1.54) is 12.2 Å². The van der Waals surface area contributed by atoms with Gasteiger partial charge in [-0.15, -0.1) is 0 Å². The van der Waals surface area contributed by atoms with Crippen LogP contribution in [-0.4, -0.2) is 24.8 Å². The summed E-state index contributed by atoms with van der Waals surface area (Å²) in [5, 5.41) is 0. The first kappa shape index (κ1) is 12.4. The first-order valence-electron chi connectivity index (χ1n) is 4.51. The summed E-state index contributed by atoms with van der Waals surface area (Å²) in [6, 6.07) is 0. The molecule has 0 radical (unpaired) electrons. The van der Waals surface area contributed by atoms with Gasteiger partial charge in [-0.05, 0) is 31.4 Å². The normalized spacial score (nSPS) is 12.5. The fourth-order valence-corrected chi connectivity index (χ4v) is 0.689. The maximum Gasteiger partial charge on any atom is 0.178 e. The number of nitrogens with zero attached hydrogens (tertiary/aromatic N) is 1. The van der Waals surface area contributed by atoms with Gasteiger partial charge in [-0.2, -0.15) is 0 Å². The highest BCUT2D eigenvalue weighted by atomic mass is 16.1. The van der Waals surface area contributed by atoms with Crippen LogP contribution in [-0.2, 0) is 4.79 Å². The van der Waals surface area contributed by atoms with E-state index in [1.54, 1.807) is 12.2 Å². The molecule has 0 aliphatic rings. The van der Waals surface area contributed by atoms with Gasteiger partial charge in [0.25, 0.3) is 0 Å². The number of hydrogen-bond donors (Lipinski definition) is 0. The molecule has 0 heterocycles. The summed E-state index contributed by atoms with van der Waals surface area (Å²) < 4.78 is 0. The summed E-state index contributed by atoms with van der Waals surface area (Å²) in [6.45, 7) is 1.91. The molecule has 0 aliphatic carbocycles. The summed E-state index contributed by atoms with van der Waals surface area (Å²) in [6.07, 6.45) is 13.9. The Hall–Kier alpha value is -1.57. The quantitative estimate of drug-likeness (QED) is 0.491. The lowest BCUT2D eigenvalue weighted by Gasteiger charge is -2.00. The predicted octanol–water partition coefficient (Wildman–Crippen LogP) is 2.32. The average molecular weight is 191 g/mol. The van der Waals surface area contributed by atoms with E-state index >= 15 is 0 Å². The van der Waals surface area contributed by atoms with Crippen molar-refractivity contribution in [1.82, 2.24) is 4.90 Å². The van der Waals surface area contributed by atoms with E-state index in [0.29, 0.717) is 0 Å². The molecule has 0 N–H and O–H groups in total. The molecule has 0 spiro atoms. The molecule has 0 saturated carbocycles. The van der Waals surface area contributed by atoms with Crippen molar-refractivity contribution in [3.8, 4) is 0 Å². The molecular formula is C12H17NO. The zero-order valence-electron chi connectivity index (χ0n) is 8.97. The zero-order chi connectivity index (χ0) is 10.8. The van der Waals surface area contributed by atoms with Crippen molar-refractivity contribution in [2.75, 3.05) is 14.1 Å². The number of allylic oxidation sites excluding steroid dienone is 7. The second-order valence-corrected chi connectivity index (χ2v) is 2.95. The Kier molecular flexibility index (Phi) is 7.15. The molecule has 0 atom stereocenters. The minimum absolute atomic E-state index is 0.00786. The van der Waals surface area contributed by atoms with E-state index in [9.17, 15) is 4.79 Å². The molecule has 76 valence electrons. The molecule has 2 nitrogen and oxygen atoms in total. The fraction of sp³-hybridized carbons (Fsp3) is 0.250. The molecule has 0 aromatic heterocycles. The third-order valence-electron chi connectivity index (χ3n) is 1.32. The molecule has 0 fully saturated rings. The number of hydrogen-bond acceptors (Lipinski definition) is 2. The summed E-state index contributed by atoms with van der Waals surface area (Å²) in [7, 11) is 3.86. The van der Waals surface area contributed by atoms with E-state index in [0.717, 1.165) is 0 Å². The van der Waals surface area contributed by atoms with Crippen LogP contribution in [0.25, 0.3) is 0 Å². The van der Waals surface area contributed by atoms with Gasteiger partial charge in [0.15, 0.2) is 5.78 Å². The van der Waals surface area contributed by atoms with Gasteiger partial charge in [0.1, 0.15) is 0 Å². The number of ketones is 1. The van der Waals surface area contributed by atoms with Gasteiger partial charge in [-0.25, -0.2) is 0 Å². The van der Waals surface area contributed by atoms with E-state index in [4.69, 9.17) is 0 Å². The highest BCUT2D eigenvalue weighted by molar-refractivity contribution is 5.99. The van der Waals surface area contributed by atoms with Crippen molar-refractivity contribution in [2.24, 2.45) is 0 Å². The molecule has 0 unspecified atom stereocenters. The molecule has 2 heteroatoms. The maximum atomic E-state index is 11.1. The Morgan fingerprint density at radius 3 is 2.07 bits per heavy atom. The number of rotatable bonds is 5. The topological polar surface area (TPSA) is 20.3 Å². The number of carbonyl (C=O) groups is 1. The van der Waals surface area contributed by atoms with Crippen molar-refractivity contribution < 1.29 is 4.79 Å². The van der Waals surface area contributed by atoms with Crippen molar-refractivity contribution >= 4 is 5.78 Å². The minimum Gasteiger partial charge on any atom is -0.383 e. The lowest BCUT2D eigenvalue weighted by Crippen LogP contribution is -1.99. The molecule has 0 amide bonds. The molecule has 0 bridgehead atoms. The second-order valence-electron chi connectivity index (χ2n) is 2.95. The van der Waals surface area contributed by atoms with Gasteiger partial charge in [0.2, 0.25) is 0 Å². The van der Waals surface area contributed by atoms with Gasteiger partial charge < -0.3 is 4.90 Å². The zero-order valence-corrected chi connectivity index (χ0v) is 8.97. The van der Waals surface area contributed by atoms with Crippen molar-refractivity contribution in [3.63, 3.8) is 0 Å². The van der Waals surface area contributed by atoms with E-state index in [2.05, 4.69) is 0 Å². The van der Waals surface area contributed by atoms with Crippen LogP contribution in [0.5, 0.6) is 0 Å². The largest absolute Gasteiger partial charge is 0.383 e. The molecule has 0 saturated heterocycles. The van der Waals surface area contributed by atoms with Gasteiger partial charge in [0, 0.05) is 14.1 Å². The van der Waals surface area contributed by atoms with Gasteiger partial charge in [-0.3, -0.25) is 4.79 Å². The van der Waals surface area contributed by atoms with Crippen molar-refractivity contribution in [3.05, 3.63) is 48.7 Å². The number of carbonyl (C=O) groups excluding carboxylic acids is 1. The van der Waals surface area contributed by atoms with Crippen LogP contribution < -0.4 is 0 Å². The van der Waals surface area contributed by atoms with Crippen LogP contribution in [0.4, 0.5) is 0 Å². The van der Waals surface area contributed by atoms with Crippen LogP contribution in [0.1, 0.15) is 6.92 Å². The Morgan fingerprint density at radius 1 is 1.00 bits per heavy atom. The van der Waals surface area contributed by atoms with Crippen LogP contribution >= 0.6 is 0 Å². The minimum atomic E-state index is -0.00786. The van der Waals surface area contributed by atoms with Gasteiger partial charge >= 0.3 is 0 Å².